The topological polar surface area (TPSA) is 82.6 Å². The van der Waals surface area contributed by atoms with Crippen molar-refractivity contribution in [2.24, 2.45) is 5.73 Å². The molecule has 2 N–H and O–H groups in total. The van der Waals surface area contributed by atoms with E-state index >= 15 is 0 Å². The largest absolute Gasteiger partial charge is 0.443 e. The van der Waals surface area contributed by atoms with E-state index in [2.05, 4.69) is 10.00 Å². The third-order valence-corrected chi connectivity index (χ3v) is 3.44. The zero-order valence-electron chi connectivity index (χ0n) is 12.7. The highest BCUT2D eigenvalue weighted by Crippen LogP contribution is 2.16. The Hall–Kier alpha value is -1.60. The third kappa shape index (κ3) is 5.35. The summed E-state index contributed by atoms with van der Waals surface area (Å²) in [7, 11) is 0. The molecule has 0 aliphatic carbocycles. The molecule has 0 spiro atoms. The highest BCUT2D eigenvalue weighted by atomic mass is 16.6. The summed E-state index contributed by atoms with van der Waals surface area (Å²) in [5.74, 6) is 0. The van der Waals surface area contributed by atoms with Gasteiger partial charge in [0, 0.05) is 32.3 Å². The van der Waals surface area contributed by atoms with E-state index in [1.165, 1.54) is 0 Å². The summed E-state index contributed by atoms with van der Waals surface area (Å²) >= 11 is 0. The summed E-state index contributed by atoms with van der Waals surface area (Å²) < 4.78 is 12.3. The van der Waals surface area contributed by atoms with Crippen LogP contribution in [0, 0.1) is 0 Å². The van der Waals surface area contributed by atoms with E-state index in [0.29, 0.717) is 6.42 Å². The van der Waals surface area contributed by atoms with Crippen molar-refractivity contribution >= 4 is 6.09 Å². The molecule has 1 aromatic heterocycles. The van der Waals surface area contributed by atoms with E-state index in [4.69, 9.17) is 15.2 Å². The number of primary amides is 1. The van der Waals surface area contributed by atoms with E-state index in [0.717, 1.165) is 45.0 Å². The Morgan fingerprint density at radius 3 is 2.81 bits per heavy atom. The first-order valence-electron chi connectivity index (χ1n) is 7.24. The van der Waals surface area contributed by atoms with E-state index in [-0.39, 0.29) is 0 Å². The van der Waals surface area contributed by atoms with Gasteiger partial charge in [0.05, 0.1) is 26.0 Å². The fraction of sp³-hybridized carbons (Fsp3) is 0.714. The molecule has 1 amide bonds. The lowest BCUT2D eigenvalue weighted by Crippen LogP contribution is -2.38. The van der Waals surface area contributed by atoms with Crippen molar-refractivity contribution in [2.45, 2.75) is 32.4 Å². The van der Waals surface area contributed by atoms with Gasteiger partial charge in [-0.2, -0.15) is 5.10 Å². The summed E-state index contributed by atoms with van der Waals surface area (Å²) in [4.78, 5) is 13.2. The molecule has 1 fully saturated rings. The van der Waals surface area contributed by atoms with Crippen LogP contribution in [-0.2, 0) is 22.4 Å². The van der Waals surface area contributed by atoms with Crippen LogP contribution in [0.1, 0.15) is 19.4 Å². The molecule has 0 unspecified atom stereocenters. The number of carbonyl (C=O) groups is 1. The normalized spacial score (nSPS) is 16.9. The monoisotopic (exact) mass is 296 g/mol. The summed E-state index contributed by atoms with van der Waals surface area (Å²) in [6, 6.07) is 0. The van der Waals surface area contributed by atoms with Crippen LogP contribution in [0.2, 0.25) is 0 Å². The van der Waals surface area contributed by atoms with Gasteiger partial charge in [-0.25, -0.2) is 4.79 Å². The summed E-state index contributed by atoms with van der Waals surface area (Å²) in [5, 5.41) is 4.35. The number of amides is 1. The molecule has 118 valence electrons. The molecule has 1 aliphatic heterocycles. The van der Waals surface area contributed by atoms with Gasteiger partial charge in [-0.1, -0.05) is 0 Å². The fourth-order valence-corrected chi connectivity index (χ4v) is 2.49. The molecule has 0 radical (unpaired) electrons. The van der Waals surface area contributed by atoms with Gasteiger partial charge in [-0.15, -0.1) is 0 Å². The molecule has 1 saturated heterocycles. The lowest BCUT2D eigenvalue weighted by molar-refractivity contribution is 0.0359. The van der Waals surface area contributed by atoms with Crippen molar-refractivity contribution in [1.29, 1.82) is 0 Å². The predicted octanol–water partition coefficient (Wildman–Crippen LogP) is 0.632. The van der Waals surface area contributed by atoms with Gasteiger partial charge in [0.2, 0.25) is 0 Å². The van der Waals surface area contributed by atoms with Gasteiger partial charge in [-0.3, -0.25) is 9.58 Å². The Kier molecular flexibility index (Phi) is 5.19. The van der Waals surface area contributed by atoms with Crippen molar-refractivity contribution in [1.82, 2.24) is 14.7 Å². The van der Waals surface area contributed by atoms with Crippen molar-refractivity contribution < 1.29 is 14.3 Å². The summed E-state index contributed by atoms with van der Waals surface area (Å²) in [6.07, 6.45) is 3.64. The molecule has 0 saturated carbocycles. The smallest absolute Gasteiger partial charge is 0.405 e. The zero-order valence-corrected chi connectivity index (χ0v) is 12.7. The first kappa shape index (κ1) is 15.8. The van der Waals surface area contributed by atoms with Crippen molar-refractivity contribution in [2.75, 3.05) is 32.8 Å². The Morgan fingerprint density at radius 1 is 1.43 bits per heavy atom. The lowest BCUT2D eigenvalue weighted by Gasteiger charge is -2.26. The molecule has 0 atom stereocenters. The number of hydrogen-bond donors (Lipinski definition) is 1. The van der Waals surface area contributed by atoms with Crippen molar-refractivity contribution in [3.05, 3.63) is 18.0 Å². The summed E-state index contributed by atoms with van der Waals surface area (Å²) in [5.41, 5.74) is 5.48. The SMILES string of the molecule is CC(C)(Cc1cnn(CCN2CCOCC2)c1)OC(N)=O. The average Bonchev–Trinajstić information content (AvgIpc) is 2.82. The Bertz CT molecular complexity index is 467. The second-order valence-electron chi connectivity index (χ2n) is 5.92. The van der Waals surface area contributed by atoms with Gasteiger partial charge in [0.25, 0.3) is 0 Å². The van der Waals surface area contributed by atoms with Crippen LogP contribution in [0.25, 0.3) is 0 Å². The highest BCUT2D eigenvalue weighted by molar-refractivity contribution is 5.65. The standard InChI is InChI=1S/C14H24N4O3/c1-14(2,21-13(15)19)9-12-10-16-18(11-12)4-3-17-5-7-20-8-6-17/h10-11H,3-9H2,1-2H3,(H2,15,19). The van der Waals surface area contributed by atoms with Gasteiger partial charge < -0.3 is 15.2 Å². The number of hydrogen-bond acceptors (Lipinski definition) is 5. The molecule has 7 nitrogen and oxygen atoms in total. The van der Waals surface area contributed by atoms with Crippen LogP contribution in [0.3, 0.4) is 0 Å². The number of carbonyl (C=O) groups excluding carboxylic acids is 1. The maximum Gasteiger partial charge on any atom is 0.405 e. The fourth-order valence-electron chi connectivity index (χ4n) is 2.49. The maximum atomic E-state index is 10.9. The maximum absolute atomic E-state index is 10.9. The molecule has 0 bridgehead atoms. The van der Waals surface area contributed by atoms with Gasteiger partial charge >= 0.3 is 6.09 Å². The van der Waals surface area contributed by atoms with Crippen LogP contribution >= 0.6 is 0 Å². The number of nitrogens with two attached hydrogens (primary N) is 1. The number of rotatable bonds is 6. The Balaban J connectivity index is 1.81. The molecule has 2 rings (SSSR count). The highest BCUT2D eigenvalue weighted by Gasteiger charge is 2.23. The van der Waals surface area contributed by atoms with Gasteiger partial charge in [0.1, 0.15) is 5.60 Å². The van der Waals surface area contributed by atoms with Crippen LogP contribution in [0.15, 0.2) is 12.4 Å². The molecular weight excluding hydrogens is 272 g/mol. The van der Waals surface area contributed by atoms with E-state index in [9.17, 15) is 4.79 Å². The molecule has 2 heterocycles. The average molecular weight is 296 g/mol. The van der Waals surface area contributed by atoms with Crippen molar-refractivity contribution in [3.8, 4) is 0 Å². The molecule has 7 heteroatoms. The molecule has 21 heavy (non-hydrogen) atoms. The minimum absolute atomic E-state index is 0.591. The van der Waals surface area contributed by atoms with Gasteiger partial charge in [-0.05, 0) is 19.4 Å². The Labute approximate surface area is 125 Å². The first-order valence-corrected chi connectivity index (χ1v) is 7.24. The number of ether oxygens (including phenoxy) is 2. The van der Waals surface area contributed by atoms with E-state index in [1.54, 1.807) is 0 Å². The van der Waals surface area contributed by atoms with Crippen LogP contribution in [0.4, 0.5) is 4.79 Å². The van der Waals surface area contributed by atoms with Crippen molar-refractivity contribution in [3.63, 3.8) is 0 Å². The minimum Gasteiger partial charge on any atom is -0.443 e. The molecule has 1 aliphatic rings. The molecule has 1 aromatic rings. The molecule has 0 aromatic carbocycles. The van der Waals surface area contributed by atoms with E-state index in [1.807, 2.05) is 30.9 Å². The quantitative estimate of drug-likeness (QED) is 0.832. The molecular formula is C14H24N4O3. The number of aromatic nitrogens is 2. The second-order valence-corrected chi connectivity index (χ2v) is 5.92. The third-order valence-electron chi connectivity index (χ3n) is 3.44. The van der Waals surface area contributed by atoms with Crippen LogP contribution in [0.5, 0.6) is 0 Å². The van der Waals surface area contributed by atoms with Crippen LogP contribution < -0.4 is 5.73 Å². The van der Waals surface area contributed by atoms with Gasteiger partial charge in [0.15, 0.2) is 0 Å². The second kappa shape index (κ2) is 6.91. The number of morpholine rings is 1. The summed E-state index contributed by atoms with van der Waals surface area (Å²) in [6.45, 7) is 9.06. The predicted molar refractivity (Wildman–Crippen MR) is 77.9 cm³/mol. The zero-order chi connectivity index (χ0) is 15.3. The van der Waals surface area contributed by atoms with Crippen LogP contribution in [-0.4, -0.2) is 59.2 Å². The minimum atomic E-state index is -0.750. The first-order chi connectivity index (χ1) is 9.94. The Morgan fingerprint density at radius 2 is 2.14 bits per heavy atom. The number of nitrogens with zero attached hydrogens (tertiary/aromatic N) is 3. The lowest BCUT2D eigenvalue weighted by atomic mass is 10.0. The van der Waals surface area contributed by atoms with E-state index < -0.39 is 11.7 Å².